The van der Waals surface area contributed by atoms with Crippen LogP contribution in [0.5, 0.6) is 0 Å². The quantitative estimate of drug-likeness (QED) is 0.737. The second-order valence-corrected chi connectivity index (χ2v) is 4.26. The molecule has 16 heavy (non-hydrogen) atoms. The smallest absolute Gasteiger partial charge is 0.217 e. The van der Waals surface area contributed by atoms with Crippen LogP contribution in [-0.2, 0) is 14.2 Å². The topological polar surface area (TPSA) is 40.8 Å². The van der Waals surface area contributed by atoms with E-state index < -0.39 is 6.29 Å². The van der Waals surface area contributed by atoms with E-state index in [0.29, 0.717) is 25.6 Å². The predicted octanol–water partition coefficient (Wildman–Crippen LogP) is 2.49. The summed E-state index contributed by atoms with van der Waals surface area (Å²) in [6, 6.07) is 3.66. The summed E-state index contributed by atoms with van der Waals surface area (Å²) in [5.41, 5.74) is -0.128. The minimum absolute atomic E-state index is 0.128. The lowest BCUT2D eigenvalue weighted by Crippen LogP contribution is -2.39. The molecule has 1 aliphatic heterocycles. The van der Waals surface area contributed by atoms with Crippen molar-refractivity contribution < 1.29 is 18.6 Å². The van der Waals surface area contributed by atoms with Gasteiger partial charge in [0.1, 0.15) is 0 Å². The van der Waals surface area contributed by atoms with Gasteiger partial charge in [-0.2, -0.15) is 0 Å². The molecular formula is C12H16O4. The van der Waals surface area contributed by atoms with Gasteiger partial charge < -0.3 is 18.6 Å². The van der Waals surface area contributed by atoms with Crippen LogP contribution < -0.4 is 0 Å². The Morgan fingerprint density at radius 1 is 1.56 bits per heavy atom. The molecule has 0 saturated carbocycles. The molecular weight excluding hydrogens is 208 g/mol. The summed E-state index contributed by atoms with van der Waals surface area (Å²) in [5.74, 6) is 0.701. The van der Waals surface area contributed by atoms with Crippen molar-refractivity contribution in [2.24, 2.45) is 5.41 Å². The number of ether oxygens (including phenoxy) is 3. The van der Waals surface area contributed by atoms with Gasteiger partial charge in [-0.15, -0.1) is 0 Å². The standard InChI is InChI=1S/C12H16O4/c1-3-13-7-12(2)8-15-11(16-9-12)10-5-4-6-14-10/h3-6,11H,1,7-9H2,2H3. The third kappa shape index (κ3) is 2.46. The van der Waals surface area contributed by atoms with Crippen LogP contribution in [0, 0.1) is 5.41 Å². The van der Waals surface area contributed by atoms with Gasteiger partial charge in [-0.1, -0.05) is 13.5 Å². The van der Waals surface area contributed by atoms with E-state index in [4.69, 9.17) is 18.6 Å². The first kappa shape index (κ1) is 11.2. The normalized spacial score (nSPS) is 29.9. The summed E-state index contributed by atoms with van der Waals surface area (Å²) in [6.45, 7) is 7.26. The third-order valence-corrected chi connectivity index (χ3v) is 2.49. The Morgan fingerprint density at radius 3 is 2.88 bits per heavy atom. The van der Waals surface area contributed by atoms with Crippen molar-refractivity contribution in [3.05, 3.63) is 37.0 Å². The van der Waals surface area contributed by atoms with E-state index >= 15 is 0 Å². The van der Waals surface area contributed by atoms with Gasteiger partial charge in [-0.25, -0.2) is 0 Å². The SMILES string of the molecule is C=COCC1(C)COC(c2ccco2)OC1. The molecule has 0 spiro atoms. The van der Waals surface area contributed by atoms with Crippen molar-refractivity contribution in [2.75, 3.05) is 19.8 Å². The van der Waals surface area contributed by atoms with Crippen LogP contribution in [0.4, 0.5) is 0 Å². The molecule has 0 aliphatic carbocycles. The fraction of sp³-hybridized carbons (Fsp3) is 0.500. The van der Waals surface area contributed by atoms with Crippen LogP contribution in [0.3, 0.4) is 0 Å². The molecule has 1 fully saturated rings. The van der Waals surface area contributed by atoms with Crippen molar-refractivity contribution in [3.63, 3.8) is 0 Å². The highest BCUT2D eigenvalue weighted by Gasteiger charge is 2.34. The van der Waals surface area contributed by atoms with Gasteiger partial charge in [0.2, 0.25) is 6.29 Å². The Labute approximate surface area is 94.8 Å². The second-order valence-electron chi connectivity index (χ2n) is 4.26. The summed E-state index contributed by atoms with van der Waals surface area (Å²) in [5, 5.41) is 0. The van der Waals surface area contributed by atoms with Crippen molar-refractivity contribution in [1.82, 2.24) is 0 Å². The van der Waals surface area contributed by atoms with E-state index in [1.807, 2.05) is 12.1 Å². The Kier molecular flexibility index (Phi) is 3.31. The van der Waals surface area contributed by atoms with Gasteiger partial charge >= 0.3 is 0 Å². The second kappa shape index (κ2) is 4.72. The molecule has 0 unspecified atom stereocenters. The van der Waals surface area contributed by atoms with Gasteiger partial charge in [0, 0.05) is 5.41 Å². The van der Waals surface area contributed by atoms with Crippen molar-refractivity contribution in [2.45, 2.75) is 13.2 Å². The van der Waals surface area contributed by atoms with Crippen molar-refractivity contribution in [1.29, 1.82) is 0 Å². The minimum Gasteiger partial charge on any atom is -0.501 e. The fourth-order valence-corrected chi connectivity index (χ4v) is 1.58. The van der Waals surface area contributed by atoms with Crippen LogP contribution in [0.2, 0.25) is 0 Å². The highest BCUT2D eigenvalue weighted by molar-refractivity contribution is 5.00. The van der Waals surface area contributed by atoms with Gasteiger partial charge in [0.25, 0.3) is 0 Å². The van der Waals surface area contributed by atoms with Gasteiger partial charge in [-0.05, 0) is 12.1 Å². The molecule has 1 saturated heterocycles. The average molecular weight is 224 g/mol. The summed E-state index contributed by atoms with van der Waals surface area (Å²) >= 11 is 0. The summed E-state index contributed by atoms with van der Waals surface area (Å²) in [6.07, 6.45) is 2.65. The van der Waals surface area contributed by atoms with E-state index in [0.717, 1.165) is 0 Å². The summed E-state index contributed by atoms with van der Waals surface area (Å²) < 4.78 is 21.6. The van der Waals surface area contributed by atoms with Crippen LogP contribution in [0.25, 0.3) is 0 Å². The maximum atomic E-state index is 5.60. The average Bonchev–Trinajstić information content (AvgIpc) is 2.81. The van der Waals surface area contributed by atoms with Crippen molar-refractivity contribution >= 4 is 0 Å². The summed E-state index contributed by atoms with van der Waals surface area (Å²) in [4.78, 5) is 0. The van der Waals surface area contributed by atoms with E-state index in [1.54, 1.807) is 6.26 Å². The molecule has 0 amide bonds. The zero-order valence-corrected chi connectivity index (χ0v) is 9.35. The Morgan fingerprint density at radius 2 is 2.31 bits per heavy atom. The van der Waals surface area contributed by atoms with Crippen molar-refractivity contribution in [3.8, 4) is 0 Å². The lowest BCUT2D eigenvalue weighted by Gasteiger charge is -2.35. The number of hydrogen-bond acceptors (Lipinski definition) is 4. The molecule has 4 nitrogen and oxygen atoms in total. The van der Waals surface area contributed by atoms with E-state index in [-0.39, 0.29) is 5.41 Å². The van der Waals surface area contributed by atoms with Crippen LogP contribution >= 0.6 is 0 Å². The first-order valence-corrected chi connectivity index (χ1v) is 5.23. The van der Waals surface area contributed by atoms with Gasteiger partial charge in [0.15, 0.2) is 5.76 Å². The molecule has 0 radical (unpaired) electrons. The first-order chi connectivity index (χ1) is 7.73. The summed E-state index contributed by atoms with van der Waals surface area (Å²) in [7, 11) is 0. The molecule has 0 aromatic carbocycles. The largest absolute Gasteiger partial charge is 0.501 e. The monoisotopic (exact) mass is 224 g/mol. The molecule has 2 rings (SSSR count). The Bertz CT molecular complexity index is 323. The van der Waals surface area contributed by atoms with E-state index in [1.165, 1.54) is 6.26 Å². The zero-order chi connectivity index (χ0) is 11.4. The Balaban J connectivity index is 1.89. The maximum absolute atomic E-state index is 5.60. The van der Waals surface area contributed by atoms with Gasteiger partial charge in [0.05, 0.1) is 32.3 Å². The van der Waals surface area contributed by atoms with E-state index in [2.05, 4.69) is 13.5 Å². The highest BCUT2D eigenvalue weighted by Crippen LogP contribution is 2.31. The molecule has 1 aromatic heterocycles. The van der Waals surface area contributed by atoms with E-state index in [9.17, 15) is 0 Å². The molecule has 4 heteroatoms. The third-order valence-electron chi connectivity index (χ3n) is 2.49. The lowest BCUT2D eigenvalue weighted by molar-refractivity contribution is -0.243. The zero-order valence-electron chi connectivity index (χ0n) is 9.35. The molecule has 0 N–H and O–H groups in total. The first-order valence-electron chi connectivity index (χ1n) is 5.23. The number of rotatable bonds is 4. The van der Waals surface area contributed by atoms with Gasteiger partial charge in [-0.3, -0.25) is 0 Å². The maximum Gasteiger partial charge on any atom is 0.217 e. The molecule has 88 valence electrons. The minimum atomic E-state index is -0.396. The van der Waals surface area contributed by atoms with Crippen LogP contribution in [0.1, 0.15) is 19.0 Å². The fourth-order valence-electron chi connectivity index (χ4n) is 1.58. The molecule has 2 heterocycles. The molecule has 1 aromatic rings. The number of hydrogen-bond donors (Lipinski definition) is 0. The highest BCUT2D eigenvalue weighted by atomic mass is 16.7. The van der Waals surface area contributed by atoms with Crippen LogP contribution in [-0.4, -0.2) is 19.8 Å². The molecule has 0 bridgehead atoms. The number of furan rings is 1. The molecule has 1 aliphatic rings. The lowest BCUT2D eigenvalue weighted by atomic mass is 9.93. The predicted molar refractivity (Wildman–Crippen MR) is 57.6 cm³/mol. The Hall–Kier alpha value is -1.26. The van der Waals surface area contributed by atoms with Crippen LogP contribution in [0.15, 0.2) is 35.7 Å². The molecule has 0 atom stereocenters.